The van der Waals surface area contributed by atoms with Crippen molar-refractivity contribution in [1.82, 2.24) is 14.8 Å². The molecule has 2 heterocycles. The predicted octanol–water partition coefficient (Wildman–Crippen LogP) is 5.37. The number of aromatic amines is 1. The molecule has 1 unspecified atom stereocenters. The van der Waals surface area contributed by atoms with E-state index >= 15 is 0 Å². The number of nitrogens with zero attached hydrogens (tertiary/aromatic N) is 2. The fourth-order valence-electron chi connectivity index (χ4n) is 5.18. The van der Waals surface area contributed by atoms with Gasteiger partial charge in [-0.3, -0.25) is 9.69 Å². The minimum atomic E-state index is 0.0449. The number of para-hydroxylation sites is 1. The standard InChI is InChI=1S/C28H37N3O2/c1-5-30(27(32)26-17-23-12-6-7-14-25(23)29-26)19-22-11-9-15-31(20-22)28(2,3)18-21-10-8-13-24(16-21)33-4/h6-8,10,12-14,16-17,22,29H,5,9,11,15,18-20H2,1-4H3. The van der Waals surface area contributed by atoms with Crippen LogP contribution in [0.5, 0.6) is 5.75 Å². The summed E-state index contributed by atoms with van der Waals surface area (Å²) >= 11 is 0. The lowest BCUT2D eigenvalue weighted by Gasteiger charge is -2.44. The molecule has 1 fully saturated rings. The molecule has 2 aromatic carbocycles. The van der Waals surface area contributed by atoms with Crippen LogP contribution in [-0.4, -0.2) is 59.5 Å². The zero-order valence-electron chi connectivity index (χ0n) is 20.4. The fraction of sp³-hybridized carbons (Fsp3) is 0.464. The molecule has 33 heavy (non-hydrogen) atoms. The summed E-state index contributed by atoms with van der Waals surface area (Å²) < 4.78 is 5.41. The summed E-state index contributed by atoms with van der Waals surface area (Å²) in [5.74, 6) is 1.49. The number of fused-ring (bicyclic) bond motifs is 1. The van der Waals surface area contributed by atoms with E-state index in [2.05, 4.69) is 48.9 Å². The number of amides is 1. The highest BCUT2D eigenvalue weighted by Crippen LogP contribution is 2.29. The molecule has 1 saturated heterocycles. The van der Waals surface area contributed by atoms with Crippen LogP contribution in [-0.2, 0) is 6.42 Å². The Morgan fingerprint density at radius 1 is 1.18 bits per heavy atom. The van der Waals surface area contributed by atoms with Crippen molar-refractivity contribution in [2.75, 3.05) is 33.3 Å². The van der Waals surface area contributed by atoms with Crippen LogP contribution in [0.2, 0.25) is 0 Å². The van der Waals surface area contributed by atoms with Gasteiger partial charge in [0.2, 0.25) is 0 Å². The number of ether oxygens (including phenoxy) is 1. The first-order chi connectivity index (χ1) is 15.9. The molecule has 0 radical (unpaired) electrons. The number of likely N-dealkylation sites (tertiary alicyclic amines) is 1. The highest BCUT2D eigenvalue weighted by Gasteiger charge is 2.33. The van der Waals surface area contributed by atoms with Gasteiger partial charge in [-0.25, -0.2) is 0 Å². The Kier molecular flexibility index (Phi) is 7.08. The molecule has 1 aliphatic heterocycles. The number of rotatable bonds is 8. The monoisotopic (exact) mass is 447 g/mol. The van der Waals surface area contributed by atoms with Crippen molar-refractivity contribution in [1.29, 1.82) is 0 Å². The highest BCUT2D eigenvalue weighted by molar-refractivity contribution is 5.98. The molecule has 1 atom stereocenters. The van der Waals surface area contributed by atoms with E-state index in [1.165, 1.54) is 18.4 Å². The van der Waals surface area contributed by atoms with Crippen molar-refractivity contribution in [2.24, 2.45) is 5.92 Å². The van der Waals surface area contributed by atoms with E-state index in [0.717, 1.165) is 49.3 Å². The normalized spacial score (nSPS) is 17.3. The van der Waals surface area contributed by atoms with E-state index in [0.29, 0.717) is 11.6 Å². The zero-order chi connectivity index (χ0) is 23.4. The number of hydrogen-bond donors (Lipinski definition) is 1. The second kappa shape index (κ2) is 10.0. The van der Waals surface area contributed by atoms with Gasteiger partial charge in [0.1, 0.15) is 11.4 Å². The smallest absolute Gasteiger partial charge is 0.270 e. The fourth-order valence-corrected chi connectivity index (χ4v) is 5.18. The maximum Gasteiger partial charge on any atom is 0.270 e. The van der Waals surface area contributed by atoms with E-state index in [-0.39, 0.29) is 11.4 Å². The largest absolute Gasteiger partial charge is 0.497 e. The van der Waals surface area contributed by atoms with E-state index in [1.807, 2.05) is 41.3 Å². The SMILES string of the molecule is CCN(CC1CCCN(C(C)(C)Cc2cccc(OC)c2)C1)C(=O)c1cc2ccccc2[nH]1. The second-order valence-corrected chi connectivity index (χ2v) is 9.91. The number of nitrogens with one attached hydrogen (secondary N) is 1. The van der Waals surface area contributed by atoms with Crippen LogP contribution < -0.4 is 4.74 Å². The van der Waals surface area contributed by atoms with Gasteiger partial charge in [-0.15, -0.1) is 0 Å². The second-order valence-electron chi connectivity index (χ2n) is 9.91. The third-order valence-electron chi connectivity index (χ3n) is 7.05. The maximum atomic E-state index is 13.3. The molecule has 176 valence electrons. The number of hydrogen-bond acceptors (Lipinski definition) is 3. The van der Waals surface area contributed by atoms with Crippen LogP contribution >= 0.6 is 0 Å². The van der Waals surface area contributed by atoms with Gasteiger partial charge in [-0.05, 0) is 82.3 Å². The molecular weight excluding hydrogens is 410 g/mol. The lowest BCUT2D eigenvalue weighted by Crippen LogP contribution is -2.52. The van der Waals surface area contributed by atoms with Crippen LogP contribution in [0.15, 0.2) is 54.6 Å². The average Bonchev–Trinajstić information content (AvgIpc) is 3.26. The summed E-state index contributed by atoms with van der Waals surface area (Å²) in [6.07, 6.45) is 3.31. The summed E-state index contributed by atoms with van der Waals surface area (Å²) in [4.78, 5) is 21.2. The molecule has 5 heteroatoms. The number of carbonyl (C=O) groups is 1. The van der Waals surface area contributed by atoms with Crippen LogP contribution in [0.1, 0.15) is 49.7 Å². The topological polar surface area (TPSA) is 48.6 Å². The molecule has 0 bridgehead atoms. The van der Waals surface area contributed by atoms with Gasteiger partial charge in [0.15, 0.2) is 0 Å². The van der Waals surface area contributed by atoms with Gasteiger partial charge in [0.05, 0.1) is 7.11 Å². The van der Waals surface area contributed by atoms with Crippen molar-refractivity contribution in [3.05, 3.63) is 65.9 Å². The number of piperidine rings is 1. The maximum absolute atomic E-state index is 13.3. The minimum absolute atomic E-state index is 0.0449. The molecular formula is C28H37N3O2. The Hall–Kier alpha value is -2.79. The molecule has 1 aromatic heterocycles. The number of aromatic nitrogens is 1. The van der Waals surface area contributed by atoms with Crippen molar-refractivity contribution in [3.8, 4) is 5.75 Å². The summed E-state index contributed by atoms with van der Waals surface area (Å²) in [7, 11) is 1.72. The molecule has 0 aliphatic carbocycles. The van der Waals surface area contributed by atoms with Crippen LogP contribution in [0, 0.1) is 5.92 Å². The van der Waals surface area contributed by atoms with E-state index < -0.39 is 0 Å². The van der Waals surface area contributed by atoms with E-state index in [1.54, 1.807) is 7.11 Å². The molecule has 5 nitrogen and oxygen atoms in total. The Morgan fingerprint density at radius 2 is 2.00 bits per heavy atom. The lowest BCUT2D eigenvalue weighted by molar-refractivity contribution is 0.0474. The van der Waals surface area contributed by atoms with Gasteiger partial charge in [-0.2, -0.15) is 0 Å². The summed E-state index contributed by atoms with van der Waals surface area (Å²) in [5, 5.41) is 1.08. The Bertz CT molecular complexity index is 1050. The molecule has 1 aliphatic rings. The van der Waals surface area contributed by atoms with Crippen LogP contribution in [0.25, 0.3) is 10.9 Å². The Morgan fingerprint density at radius 3 is 2.76 bits per heavy atom. The first-order valence-electron chi connectivity index (χ1n) is 12.1. The summed E-state index contributed by atoms with van der Waals surface area (Å²) in [5.41, 5.74) is 3.04. The van der Waals surface area contributed by atoms with Crippen molar-refractivity contribution in [2.45, 2.75) is 45.6 Å². The van der Waals surface area contributed by atoms with Crippen molar-refractivity contribution < 1.29 is 9.53 Å². The third kappa shape index (κ3) is 5.41. The van der Waals surface area contributed by atoms with Crippen molar-refractivity contribution in [3.63, 3.8) is 0 Å². The van der Waals surface area contributed by atoms with Crippen LogP contribution in [0.3, 0.4) is 0 Å². The summed E-state index contributed by atoms with van der Waals surface area (Å²) in [6, 6.07) is 18.4. The van der Waals surface area contributed by atoms with Gasteiger partial charge in [-0.1, -0.05) is 30.3 Å². The summed E-state index contributed by atoms with van der Waals surface area (Å²) in [6.45, 7) is 10.4. The quantitative estimate of drug-likeness (QED) is 0.505. The molecule has 1 N–H and O–H groups in total. The van der Waals surface area contributed by atoms with E-state index in [9.17, 15) is 4.79 Å². The Labute approximate surface area is 197 Å². The van der Waals surface area contributed by atoms with E-state index in [4.69, 9.17) is 4.74 Å². The highest BCUT2D eigenvalue weighted by atomic mass is 16.5. The van der Waals surface area contributed by atoms with Gasteiger partial charge in [0, 0.05) is 36.1 Å². The molecule has 4 rings (SSSR count). The minimum Gasteiger partial charge on any atom is -0.497 e. The number of H-pyrrole nitrogens is 1. The van der Waals surface area contributed by atoms with Gasteiger partial charge in [0.25, 0.3) is 5.91 Å². The third-order valence-corrected chi connectivity index (χ3v) is 7.05. The number of methoxy groups -OCH3 is 1. The Balaban J connectivity index is 1.41. The lowest BCUT2D eigenvalue weighted by atomic mass is 9.88. The molecule has 0 spiro atoms. The molecule has 1 amide bonds. The molecule has 3 aromatic rings. The first-order valence-corrected chi connectivity index (χ1v) is 12.1. The predicted molar refractivity (Wildman–Crippen MR) is 135 cm³/mol. The number of benzene rings is 2. The van der Waals surface area contributed by atoms with Gasteiger partial charge >= 0.3 is 0 Å². The zero-order valence-corrected chi connectivity index (χ0v) is 20.4. The first kappa shape index (κ1) is 23.4. The molecule has 0 saturated carbocycles. The van der Waals surface area contributed by atoms with Gasteiger partial charge < -0.3 is 14.6 Å². The number of carbonyl (C=O) groups excluding carboxylic acids is 1. The van der Waals surface area contributed by atoms with Crippen LogP contribution in [0.4, 0.5) is 0 Å². The average molecular weight is 448 g/mol. The van der Waals surface area contributed by atoms with Crippen molar-refractivity contribution >= 4 is 16.8 Å².